The van der Waals surface area contributed by atoms with Gasteiger partial charge in [0.15, 0.2) is 0 Å². The predicted molar refractivity (Wildman–Crippen MR) is 110 cm³/mol. The maximum Gasteiger partial charge on any atom is 0.238 e. The molecule has 0 saturated carbocycles. The van der Waals surface area contributed by atoms with Crippen LogP contribution in [-0.2, 0) is 16.0 Å². The SMILES string of the molecule is COc1cccc(CC(=O)N2CCN(CC(=O)Nc3ccc(F)c(Cl)c3)CC2)c1. The summed E-state index contributed by atoms with van der Waals surface area (Å²) in [7, 11) is 1.60. The third-order valence-corrected chi connectivity index (χ3v) is 5.07. The Balaban J connectivity index is 1.45. The lowest BCUT2D eigenvalue weighted by Gasteiger charge is -2.34. The number of amides is 2. The van der Waals surface area contributed by atoms with Gasteiger partial charge in [-0.25, -0.2) is 4.39 Å². The number of carbonyl (C=O) groups is 2. The molecule has 1 saturated heterocycles. The van der Waals surface area contributed by atoms with Gasteiger partial charge in [0, 0.05) is 31.9 Å². The summed E-state index contributed by atoms with van der Waals surface area (Å²) in [4.78, 5) is 28.5. The lowest BCUT2D eigenvalue weighted by Crippen LogP contribution is -2.50. The Bertz CT molecular complexity index is 885. The first-order valence-electron chi connectivity index (χ1n) is 9.32. The fourth-order valence-electron chi connectivity index (χ4n) is 3.20. The molecule has 0 radical (unpaired) electrons. The maximum atomic E-state index is 13.2. The Kier molecular flexibility index (Phi) is 7.06. The van der Waals surface area contributed by atoms with E-state index in [1.165, 1.54) is 18.2 Å². The lowest BCUT2D eigenvalue weighted by atomic mass is 10.1. The number of carbonyl (C=O) groups excluding carboxylic acids is 2. The molecule has 1 heterocycles. The van der Waals surface area contributed by atoms with Crippen LogP contribution in [0.2, 0.25) is 5.02 Å². The van der Waals surface area contributed by atoms with Crippen molar-refractivity contribution < 1.29 is 18.7 Å². The highest BCUT2D eigenvalue weighted by Crippen LogP contribution is 2.19. The van der Waals surface area contributed by atoms with E-state index in [-0.39, 0.29) is 23.4 Å². The molecule has 2 aromatic carbocycles. The smallest absolute Gasteiger partial charge is 0.238 e. The summed E-state index contributed by atoms with van der Waals surface area (Å²) in [6.07, 6.45) is 0.322. The molecule has 3 rings (SSSR count). The normalized spacial score (nSPS) is 14.5. The summed E-state index contributed by atoms with van der Waals surface area (Å²) >= 11 is 5.73. The summed E-state index contributed by atoms with van der Waals surface area (Å²) in [5, 5.41) is 2.67. The first kappa shape index (κ1) is 21.1. The molecule has 1 N–H and O–H groups in total. The summed E-state index contributed by atoms with van der Waals surface area (Å²) < 4.78 is 18.4. The molecule has 0 aromatic heterocycles. The molecule has 1 aliphatic rings. The molecule has 29 heavy (non-hydrogen) atoms. The van der Waals surface area contributed by atoms with Crippen molar-refractivity contribution in [1.29, 1.82) is 0 Å². The largest absolute Gasteiger partial charge is 0.497 e. The van der Waals surface area contributed by atoms with Gasteiger partial charge in [0.1, 0.15) is 11.6 Å². The number of ether oxygens (including phenoxy) is 1. The van der Waals surface area contributed by atoms with Crippen LogP contribution in [0.4, 0.5) is 10.1 Å². The lowest BCUT2D eigenvalue weighted by molar-refractivity contribution is -0.132. The van der Waals surface area contributed by atoms with Crippen molar-refractivity contribution in [3.05, 3.63) is 58.9 Å². The third kappa shape index (κ3) is 5.92. The molecule has 0 atom stereocenters. The molecule has 8 heteroatoms. The number of hydrogen-bond donors (Lipinski definition) is 1. The highest BCUT2D eigenvalue weighted by atomic mass is 35.5. The molecular formula is C21H23ClFN3O3. The Morgan fingerprint density at radius 3 is 2.59 bits per heavy atom. The van der Waals surface area contributed by atoms with Crippen LogP contribution in [0.25, 0.3) is 0 Å². The number of hydrogen-bond acceptors (Lipinski definition) is 4. The topological polar surface area (TPSA) is 61.9 Å². The highest BCUT2D eigenvalue weighted by Gasteiger charge is 2.22. The van der Waals surface area contributed by atoms with Crippen molar-refractivity contribution in [2.75, 3.05) is 45.2 Å². The van der Waals surface area contributed by atoms with Crippen LogP contribution in [-0.4, -0.2) is 61.4 Å². The number of nitrogens with one attached hydrogen (secondary N) is 1. The van der Waals surface area contributed by atoms with E-state index in [2.05, 4.69) is 5.32 Å². The zero-order valence-electron chi connectivity index (χ0n) is 16.2. The minimum Gasteiger partial charge on any atom is -0.497 e. The van der Waals surface area contributed by atoms with Gasteiger partial charge in [-0.2, -0.15) is 0 Å². The zero-order chi connectivity index (χ0) is 20.8. The van der Waals surface area contributed by atoms with Gasteiger partial charge in [0.2, 0.25) is 11.8 Å². The van der Waals surface area contributed by atoms with Gasteiger partial charge in [0.05, 0.1) is 25.1 Å². The molecule has 1 aliphatic heterocycles. The molecule has 2 amide bonds. The average molecular weight is 420 g/mol. The van der Waals surface area contributed by atoms with Crippen molar-refractivity contribution in [2.24, 2.45) is 0 Å². The second-order valence-corrected chi connectivity index (χ2v) is 7.27. The number of piperazine rings is 1. The average Bonchev–Trinajstić information content (AvgIpc) is 2.71. The summed E-state index contributed by atoms with van der Waals surface area (Å²) in [6, 6.07) is 11.5. The van der Waals surface area contributed by atoms with Gasteiger partial charge >= 0.3 is 0 Å². The molecule has 0 aliphatic carbocycles. The highest BCUT2D eigenvalue weighted by molar-refractivity contribution is 6.31. The summed E-state index contributed by atoms with van der Waals surface area (Å²) in [5.41, 5.74) is 1.36. The molecule has 2 aromatic rings. The van der Waals surface area contributed by atoms with E-state index >= 15 is 0 Å². The first-order valence-corrected chi connectivity index (χ1v) is 9.70. The van der Waals surface area contributed by atoms with Gasteiger partial charge in [-0.05, 0) is 35.9 Å². The van der Waals surface area contributed by atoms with Gasteiger partial charge < -0.3 is 15.0 Å². The van der Waals surface area contributed by atoms with E-state index < -0.39 is 5.82 Å². The number of anilines is 1. The second-order valence-electron chi connectivity index (χ2n) is 6.86. The fourth-order valence-corrected chi connectivity index (χ4v) is 3.38. The van der Waals surface area contributed by atoms with E-state index in [0.717, 1.165) is 11.3 Å². The predicted octanol–water partition coefficient (Wildman–Crippen LogP) is 2.81. The summed E-state index contributed by atoms with van der Waals surface area (Å²) in [5.74, 6) is 0.0557. The Morgan fingerprint density at radius 1 is 1.14 bits per heavy atom. The first-order chi connectivity index (χ1) is 13.9. The van der Waals surface area contributed by atoms with E-state index in [0.29, 0.717) is 38.3 Å². The van der Waals surface area contributed by atoms with Crippen molar-refractivity contribution in [3.63, 3.8) is 0 Å². The van der Waals surface area contributed by atoms with Gasteiger partial charge in [0.25, 0.3) is 0 Å². The van der Waals surface area contributed by atoms with Gasteiger partial charge in [-0.1, -0.05) is 23.7 Å². The van der Waals surface area contributed by atoms with Crippen LogP contribution in [0.3, 0.4) is 0 Å². The van der Waals surface area contributed by atoms with E-state index in [4.69, 9.17) is 16.3 Å². The molecule has 154 valence electrons. The quantitative estimate of drug-likeness (QED) is 0.782. The minimum atomic E-state index is -0.528. The van der Waals surface area contributed by atoms with E-state index in [1.807, 2.05) is 34.1 Å². The van der Waals surface area contributed by atoms with Crippen molar-refractivity contribution >= 4 is 29.1 Å². The molecular weight excluding hydrogens is 397 g/mol. The number of rotatable bonds is 6. The molecule has 0 bridgehead atoms. The number of halogens is 2. The minimum absolute atomic E-state index is 0.0361. The van der Waals surface area contributed by atoms with Crippen molar-refractivity contribution in [1.82, 2.24) is 9.80 Å². The fraction of sp³-hybridized carbons (Fsp3) is 0.333. The van der Waals surface area contributed by atoms with Crippen molar-refractivity contribution in [3.8, 4) is 5.75 Å². The van der Waals surface area contributed by atoms with Crippen LogP contribution in [0.1, 0.15) is 5.56 Å². The van der Waals surface area contributed by atoms with Crippen LogP contribution in [0.15, 0.2) is 42.5 Å². The number of benzene rings is 2. The van der Waals surface area contributed by atoms with Gasteiger partial charge in [-0.15, -0.1) is 0 Å². The monoisotopic (exact) mass is 419 g/mol. The van der Waals surface area contributed by atoms with E-state index in [1.54, 1.807) is 7.11 Å². The Morgan fingerprint density at radius 2 is 1.90 bits per heavy atom. The standard InChI is InChI=1S/C21H23ClFN3O3/c1-29-17-4-2-3-15(11-17)12-21(28)26-9-7-25(8-10-26)14-20(27)24-16-5-6-19(23)18(22)13-16/h2-6,11,13H,7-10,12,14H2,1H3,(H,24,27). The number of methoxy groups -OCH3 is 1. The van der Waals surface area contributed by atoms with Crippen LogP contribution >= 0.6 is 11.6 Å². The molecule has 1 fully saturated rings. The van der Waals surface area contributed by atoms with E-state index in [9.17, 15) is 14.0 Å². The molecule has 0 spiro atoms. The zero-order valence-corrected chi connectivity index (χ0v) is 16.9. The second kappa shape index (κ2) is 9.71. The van der Waals surface area contributed by atoms with Gasteiger partial charge in [-0.3, -0.25) is 14.5 Å². The molecule has 0 unspecified atom stereocenters. The Labute approximate surface area is 174 Å². The Hall–Kier alpha value is -2.64. The maximum absolute atomic E-state index is 13.2. The third-order valence-electron chi connectivity index (χ3n) is 4.79. The molecule has 6 nitrogen and oxygen atoms in total. The van der Waals surface area contributed by atoms with Crippen molar-refractivity contribution in [2.45, 2.75) is 6.42 Å². The van der Waals surface area contributed by atoms with Crippen LogP contribution in [0.5, 0.6) is 5.75 Å². The summed E-state index contributed by atoms with van der Waals surface area (Å²) in [6.45, 7) is 2.56. The van der Waals surface area contributed by atoms with Crippen LogP contribution in [0, 0.1) is 5.82 Å². The number of nitrogens with zero attached hydrogens (tertiary/aromatic N) is 2. The van der Waals surface area contributed by atoms with Crippen LogP contribution < -0.4 is 10.1 Å².